The molecule has 0 saturated carbocycles. The van der Waals surface area contributed by atoms with Gasteiger partial charge in [0.1, 0.15) is 23.9 Å². The molecular formula is C21H24N2O3. The minimum Gasteiger partial charge on any atom is -0.485 e. The van der Waals surface area contributed by atoms with E-state index in [0.29, 0.717) is 24.7 Å². The number of aryl methyl sites for hydroxylation is 2. The molecule has 5 heteroatoms. The van der Waals surface area contributed by atoms with E-state index in [-0.39, 0.29) is 6.61 Å². The van der Waals surface area contributed by atoms with E-state index in [1.54, 1.807) is 11.0 Å². The molecule has 0 atom stereocenters. The van der Waals surface area contributed by atoms with Crippen LogP contribution in [0.2, 0.25) is 0 Å². The van der Waals surface area contributed by atoms with Gasteiger partial charge < -0.3 is 9.47 Å². The number of carbonyl (C=O) groups is 1. The molecule has 0 fully saturated rings. The highest BCUT2D eigenvalue weighted by Gasteiger charge is 2.26. The minimum absolute atomic E-state index is 0.242. The average molecular weight is 352 g/mol. The molecule has 1 heterocycles. The molecule has 0 spiro atoms. The van der Waals surface area contributed by atoms with Gasteiger partial charge in [-0.05, 0) is 62.1 Å². The predicted octanol–water partition coefficient (Wildman–Crippen LogP) is 4.21. The third kappa shape index (κ3) is 3.72. The Kier molecular flexibility index (Phi) is 5.26. The van der Waals surface area contributed by atoms with E-state index < -0.39 is 6.09 Å². The molecule has 0 saturated heterocycles. The molecule has 0 bridgehead atoms. The second-order valence-electron chi connectivity index (χ2n) is 6.50. The Balaban J connectivity index is 1.67. The van der Waals surface area contributed by atoms with E-state index >= 15 is 0 Å². The molecule has 1 aliphatic rings. The highest BCUT2D eigenvalue weighted by atomic mass is 16.6. The molecule has 5 nitrogen and oxygen atoms in total. The van der Waals surface area contributed by atoms with Crippen LogP contribution in [-0.2, 0) is 0 Å². The van der Waals surface area contributed by atoms with Gasteiger partial charge in [0.2, 0.25) is 0 Å². The van der Waals surface area contributed by atoms with Gasteiger partial charge >= 0.3 is 6.09 Å². The summed E-state index contributed by atoms with van der Waals surface area (Å²) in [6, 6.07) is 11.6. The SMILES string of the molecule is Cc1cccc(OCC2=NCCN2C(=O)Oc2cccc(C)c2C)c1C. The monoisotopic (exact) mass is 352 g/mol. The molecule has 0 aliphatic carbocycles. The maximum Gasteiger partial charge on any atom is 0.420 e. The molecule has 1 aliphatic heterocycles. The summed E-state index contributed by atoms with van der Waals surface area (Å²) in [6.45, 7) is 9.32. The van der Waals surface area contributed by atoms with Crippen molar-refractivity contribution in [3.05, 3.63) is 58.7 Å². The van der Waals surface area contributed by atoms with Crippen LogP contribution in [0.5, 0.6) is 11.5 Å². The summed E-state index contributed by atoms with van der Waals surface area (Å²) in [4.78, 5) is 18.5. The lowest BCUT2D eigenvalue weighted by Gasteiger charge is -2.19. The topological polar surface area (TPSA) is 51.1 Å². The number of aliphatic imine (C=N–C) groups is 1. The molecule has 0 unspecified atom stereocenters. The molecule has 136 valence electrons. The van der Waals surface area contributed by atoms with E-state index in [1.807, 2.05) is 58.0 Å². The van der Waals surface area contributed by atoms with Gasteiger partial charge in [-0.1, -0.05) is 24.3 Å². The summed E-state index contributed by atoms with van der Waals surface area (Å²) in [7, 11) is 0. The fourth-order valence-electron chi connectivity index (χ4n) is 2.82. The zero-order valence-corrected chi connectivity index (χ0v) is 15.7. The predicted molar refractivity (Wildman–Crippen MR) is 102 cm³/mol. The van der Waals surface area contributed by atoms with Crippen molar-refractivity contribution in [2.45, 2.75) is 27.7 Å². The van der Waals surface area contributed by atoms with Crippen molar-refractivity contribution >= 4 is 11.9 Å². The second kappa shape index (κ2) is 7.60. The van der Waals surface area contributed by atoms with E-state index in [1.165, 1.54) is 5.56 Å². The van der Waals surface area contributed by atoms with Crippen molar-refractivity contribution in [3.63, 3.8) is 0 Å². The third-order valence-corrected chi connectivity index (χ3v) is 4.81. The summed E-state index contributed by atoms with van der Waals surface area (Å²) >= 11 is 0. The van der Waals surface area contributed by atoms with Gasteiger partial charge in [-0.25, -0.2) is 4.79 Å². The number of nitrogens with zero attached hydrogens (tertiary/aromatic N) is 2. The van der Waals surface area contributed by atoms with Crippen molar-refractivity contribution < 1.29 is 14.3 Å². The lowest BCUT2D eigenvalue weighted by Crippen LogP contribution is -2.39. The summed E-state index contributed by atoms with van der Waals surface area (Å²) < 4.78 is 11.5. The van der Waals surface area contributed by atoms with Crippen molar-refractivity contribution in [2.75, 3.05) is 19.7 Å². The second-order valence-corrected chi connectivity index (χ2v) is 6.50. The van der Waals surface area contributed by atoms with Crippen LogP contribution in [0.15, 0.2) is 41.4 Å². The maximum atomic E-state index is 12.6. The zero-order valence-electron chi connectivity index (χ0n) is 15.7. The van der Waals surface area contributed by atoms with Crippen LogP contribution in [0.25, 0.3) is 0 Å². The molecular weight excluding hydrogens is 328 g/mol. The number of hydrogen-bond donors (Lipinski definition) is 0. The largest absolute Gasteiger partial charge is 0.485 e. The van der Waals surface area contributed by atoms with Crippen LogP contribution in [0.4, 0.5) is 4.79 Å². The summed E-state index contributed by atoms with van der Waals surface area (Å²) in [5, 5.41) is 0. The van der Waals surface area contributed by atoms with Gasteiger partial charge in [0.05, 0.1) is 13.1 Å². The van der Waals surface area contributed by atoms with Gasteiger partial charge in [-0.3, -0.25) is 9.89 Å². The smallest absolute Gasteiger partial charge is 0.420 e. The Morgan fingerprint density at radius 3 is 2.31 bits per heavy atom. The van der Waals surface area contributed by atoms with Crippen LogP contribution < -0.4 is 9.47 Å². The molecule has 2 aromatic carbocycles. The Bertz CT molecular complexity index is 858. The highest BCUT2D eigenvalue weighted by molar-refractivity contribution is 5.98. The number of carbonyl (C=O) groups excluding carboxylic acids is 1. The summed E-state index contributed by atoms with van der Waals surface area (Å²) in [5.41, 5.74) is 4.31. The van der Waals surface area contributed by atoms with E-state index in [2.05, 4.69) is 4.99 Å². The van der Waals surface area contributed by atoms with Crippen LogP contribution in [0, 0.1) is 27.7 Å². The Labute approximate surface area is 154 Å². The van der Waals surface area contributed by atoms with Gasteiger partial charge in [-0.2, -0.15) is 0 Å². The van der Waals surface area contributed by atoms with E-state index in [9.17, 15) is 4.79 Å². The summed E-state index contributed by atoms with van der Waals surface area (Å²) in [5.74, 6) is 1.99. The van der Waals surface area contributed by atoms with Crippen LogP contribution in [0.3, 0.4) is 0 Å². The first-order valence-electron chi connectivity index (χ1n) is 8.75. The van der Waals surface area contributed by atoms with Crippen LogP contribution >= 0.6 is 0 Å². The van der Waals surface area contributed by atoms with Crippen LogP contribution in [0.1, 0.15) is 22.3 Å². The fraction of sp³-hybridized carbons (Fsp3) is 0.333. The van der Waals surface area contributed by atoms with Crippen LogP contribution in [-0.4, -0.2) is 36.5 Å². The van der Waals surface area contributed by atoms with Gasteiger partial charge in [0, 0.05) is 0 Å². The van der Waals surface area contributed by atoms with Gasteiger partial charge in [0.15, 0.2) is 0 Å². The quantitative estimate of drug-likeness (QED) is 0.828. The molecule has 0 aromatic heterocycles. The maximum absolute atomic E-state index is 12.6. The van der Waals surface area contributed by atoms with E-state index in [4.69, 9.17) is 9.47 Å². The Morgan fingerprint density at radius 2 is 1.62 bits per heavy atom. The lowest BCUT2D eigenvalue weighted by molar-refractivity contribution is 0.176. The number of ether oxygens (including phenoxy) is 2. The van der Waals surface area contributed by atoms with Gasteiger partial charge in [0.25, 0.3) is 0 Å². The number of rotatable bonds is 4. The first kappa shape index (κ1) is 18.0. The molecule has 26 heavy (non-hydrogen) atoms. The first-order valence-corrected chi connectivity index (χ1v) is 8.75. The lowest BCUT2D eigenvalue weighted by atomic mass is 10.1. The number of amides is 1. The van der Waals surface area contributed by atoms with Crippen molar-refractivity contribution in [2.24, 2.45) is 4.99 Å². The standard InChI is InChI=1S/C21H24N2O3/c1-14-7-5-9-18(16(14)3)25-13-20-22-11-12-23(20)21(24)26-19-10-6-8-15(2)17(19)4/h5-10H,11-13H2,1-4H3. The molecule has 0 radical (unpaired) electrons. The number of amidine groups is 1. The number of hydrogen-bond acceptors (Lipinski definition) is 4. The van der Waals surface area contributed by atoms with Crippen molar-refractivity contribution in [1.82, 2.24) is 4.90 Å². The Hall–Kier alpha value is -2.82. The van der Waals surface area contributed by atoms with E-state index in [0.717, 1.165) is 22.4 Å². The third-order valence-electron chi connectivity index (χ3n) is 4.81. The molecule has 2 aromatic rings. The molecule has 0 N–H and O–H groups in total. The van der Waals surface area contributed by atoms with Gasteiger partial charge in [-0.15, -0.1) is 0 Å². The summed E-state index contributed by atoms with van der Waals surface area (Å²) in [6.07, 6.45) is -0.417. The average Bonchev–Trinajstić information content (AvgIpc) is 3.09. The minimum atomic E-state index is -0.417. The van der Waals surface area contributed by atoms with Crippen molar-refractivity contribution in [3.8, 4) is 11.5 Å². The van der Waals surface area contributed by atoms with Crippen molar-refractivity contribution in [1.29, 1.82) is 0 Å². The first-order chi connectivity index (χ1) is 12.5. The highest BCUT2D eigenvalue weighted by Crippen LogP contribution is 2.23. The number of benzene rings is 2. The normalized spacial score (nSPS) is 13.5. The molecule has 1 amide bonds. The fourth-order valence-corrected chi connectivity index (χ4v) is 2.82. The molecule has 3 rings (SSSR count). The Morgan fingerprint density at radius 1 is 1.00 bits per heavy atom. The zero-order chi connectivity index (χ0) is 18.7.